The Kier molecular flexibility index (Phi) is 5.01. The van der Waals surface area contributed by atoms with Gasteiger partial charge < -0.3 is 20.9 Å². The number of methoxy groups -OCH3 is 1. The van der Waals surface area contributed by atoms with Crippen molar-refractivity contribution in [3.05, 3.63) is 29.8 Å². The minimum absolute atomic E-state index is 0.167. The van der Waals surface area contributed by atoms with Gasteiger partial charge in [0.05, 0.1) is 30.8 Å². The first kappa shape index (κ1) is 14.7. The van der Waals surface area contributed by atoms with Gasteiger partial charge in [-0.25, -0.2) is 4.79 Å². The van der Waals surface area contributed by atoms with Gasteiger partial charge in [-0.3, -0.25) is 9.59 Å². The molecule has 1 rings (SSSR count). The van der Waals surface area contributed by atoms with Crippen LogP contribution < -0.4 is 11.1 Å². The van der Waals surface area contributed by atoms with Gasteiger partial charge in [-0.15, -0.1) is 0 Å². The van der Waals surface area contributed by atoms with Crippen molar-refractivity contribution in [2.24, 2.45) is 5.73 Å². The highest BCUT2D eigenvalue weighted by Gasteiger charge is 2.19. The molecule has 0 saturated carbocycles. The van der Waals surface area contributed by atoms with Crippen LogP contribution in [0, 0.1) is 0 Å². The van der Waals surface area contributed by atoms with E-state index in [1.54, 1.807) is 12.1 Å². The predicted molar refractivity (Wildman–Crippen MR) is 66.6 cm³/mol. The lowest BCUT2D eigenvalue weighted by molar-refractivity contribution is -0.138. The predicted octanol–water partition coefficient (Wildman–Crippen LogP) is 0.214. The number of ether oxygens (including phenoxy) is 1. The summed E-state index contributed by atoms with van der Waals surface area (Å²) < 4.78 is 4.57. The van der Waals surface area contributed by atoms with Crippen molar-refractivity contribution >= 4 is 23.5 Å². The average Bonchev–Trinajstić information content (AvgIpc) is 2.37. The SMILES string of the molecule is COC(=O)c1ccccc1NC(=O)C(N)CC(=O)O. The molecular weight excluding hydrogens is 252 g/mol. The molecule has 7 heteroatoms. The Bertz CT molecular complexity index is 501. The van der Waals surface area contributed by atoms with Crippen molar-refractivity contribution in [3.63, 3.8) is 0 Å². The summed E-state index contributed by atoms with van der Waals surface area (Å²) in [6.07, 6.45) is -0.494. The number of para-hydroxylation sites is 1. The van der Waals surface area contributed by atoms with E-state index in [1.165, 1.54) is 19.2 Å². The van der Waals surface area contributed by atoms with Gasteiger partial charge in [0.15, 0.2) is 0 Å². The van der Waals surface area contributed by atoms with Gasteiger partial charge in [-0.2, -0.15) is 0 Å². The second-order valence-corrected chi connectivity index (χ2v) is 3.73. The van der Waals surface area contributed by atoms with Crippen LogP contribution in [0.5, 0.6) is 0 Å². The number of hydrogen-bond acceptors (Lipinski definition) is 5. The van der Waals surface area contributed by atoms with E-state index in [0.717, 1.165) is 0 Å². The zero-order valence-electron chi connectivity index (χ0n) is 10.3. The van der Waals surface area contributed by atoms with Crippen LogP contribution in [0.3, 0.4) is 0 Å². The Morgan fingerprint density at radius 3 is 2.58 bits per heavy atom. The van der Waals surface area contributed by atoms with Crippen LogP contribution in [-0.2, 0) is 14.3 Å². The lowest BCUT2D eigenvalue weighted by Crippen LogP contribution is -2.37. The normalized spacial score (nSPS) is 11.5. The minimum atomic E-state index is -1.19. The molecule has 19 heavy (non-hydrogen) atoms. The molecule has 102 valence electrons. The highest BCUT2D eigenvalue weighted by atomic mass is 16.5. The Balaban J connectivity index is 2.85. The fraction of sp³-hybridized carbons (Fsp3) is 0.250. The number of carbonyl (C=O) groups excluding carboxylic acids is 2. The third-order valence-electron chi connectivity index (χ3n) is 2.32. The van der Waals surface area contributed by atoms with E-state index in [4.69, 9.17) is 10.8 Å². The van der Waals surface area contributed by atoms with E-state index in [1.807, 2.05) is 0 Å². The summed E-state index contributed by atoms with van der Waals surface area (Å²) in [5.74, 6) is -2.47. The number of nitrogens with one attached hydrogen (secondary N) is 1. The highest BCUT2D eigenvalue weighted by molar-refractivity contribution is 6.03. The molecular formula is C12H14N2O5. The number of nitrogens with two attached hydrogens (primary N) is 1. The molecule has 0 saturated heterocycles. The standard InChI is InChI=1S/C12H14N2O5/c1-19-12(18)7-4-2-3-5-9(7)14-11(17)8(13)6-10(15)16/h2-5,8H,6,13H2,1H3,(H,14,17)(H,15,16). The third kappa shape index (κ3) is 4.07. The molecule has 0 radical (unpaired) electrons. The zero-order chi connectivity index (χ0) is 14.4. The minimum Gasteiger partial charge on any atom is -0.481 e. The first-order valence-corrected chi connectivity index (χ1v) is 5.41. The molecule has 7 nitrogen and oxygen atoms in total. The van der Waals surface area contributed by atoms with Gasteiger partial charge in [-0.05, 0) is 12.1 Å². The van der Waals surface area contributed by atoms with E-state index in [-0.39, 0.29) is 11.3 Å². The van der Waals surface area contributed by atoms with Crippen LogP contribution >= 0.6 is 0 Å². The fourth-order valence-corrected chi connectivity index (χ4v) is 1.39. The first-order valence-electron chi connectivity index (χ1n) is 5.41. The summed E-state index contributed by atoms with van der Waals surface area (Å²) in [6, 6.07) is 5.01. The van der Waals surface area contributed by atoms with Crippen molar-refractivity contribution in [1.29, 1.82) is 0 Å². The fourth-order valence-electron chi connectivity index (χ4n) is 1.39. The van der Waals surface area contributed by atoms with Crippen LogP contribution in [0.25, 0.3) is 0 Å². The van der Waals surface area contributed by atoms with Crippen LogP contribution in [0.2, 0.25) is 0 Å². The second kappa shape index (κ2) is 6.50. The van der Waals surface area contributed by atoms with E-state index in [0.29, 0.717) is 0 Å². The molecule has 1 unspecified atom stereocenters. The lowest BCUT2D eigenvalue weighted by atomic mass is 10.1. The van der Waals surface area contributed by atoms with Gasteiger partial charge >= 0.3 is 11.9 Å². The molecule has 1 aromatic rings. The van der Waals surface area contributed by atoms with Crippen molar-refractivity contribution in [2.75, 3.05) is 12.4 Å². The Morgan fingerprint density at radius 1 is 1.37 bits per heavy atom. The molecule has 1 atom stereocenters. The second-order valence-electron chi connectivity index (χ2n) is 3.73. The molecule has 1 amide bonds. The van der Waals surface area contributed by atoms with Gasteiger partial charge in [-0.1, -0.05) is 12.1 Å². The van der Waals surface area contributed by atoms with E-state index in [9.17, 15) is 14.4 Å². The quantitative estimate of drug-likeness (QED) is 0.656. The highest BCUT2D eigenvalue weighted by Crippen LogP contribution is 2.16. The molecule has 0 heterocycles. The molecule has 0 aromatic heterocycles. The Labute approximate surface area is 109 Å². The summed E-state index contributed by atoms with van der Waals surface area (Å²) in [4.78, 5) is 33.6. The Hall–Kier alpha value is -2.41. The monoisotopic (exact) mass is 266 g/mol. The summed E-state index contributed by atoms with van der Waals surface area (Å²) in [7, 11) is 1.22. The lowest BCUT2D eigenvalue weighted by Gasteiger charge is -2.12. The van der Waals surface area contributed by atoms with Crippen LogP contribution in [0.1, 0.15) is 16.8 Å². The molecule has 0 bridgehead atoms. The van der Waals surface area contributed by atoms with Gasteiger partial charge in [0.1, 0.15) is 0 Å². The topological polar surface area (TPSA) is 119 Å². The number of esters is 1. The number of anilines is 1. The first-order chi connectivity index (χ1) is 8.95. The van der Waals surface area contributed by atoms with Crippen molar-refractivity contribution in [2.45, 2.75) is 12.5 Å². The maximum Gasteiger partial charge on any atom is 0.339 e. The smallest absolute Gasteiger partial charge is 0.339 e. The van der Waals surface area contributed by atoms with Crippen LogP contribution in [0.15, 0.2) is 24.3 Å². The number of benzene rings is 1. The molecule has 0 aliphatic rings. The summed E-state index contributed by atoms with van der Waals surface area (Å²) in [5.41, 5.74) is 5.81. The number of aliphatic carboxylic acids is 1. The number of carboxylic acids is 1. The van der Waals surface area contributed by atoms with Gasteiger partial charge in [0.25, 0.3) is 0 Å². The van der Waals surface area contributed by atoms with Crippen LogP contribution in [-0.4, -0.2) is 36.1 Å². The van der Waals surface area contributed by atoms with Crippen LogP contribution in [0.4, 0.5) is 5.69 Å². The largest absolute Gasteiger partial charge is 0.481 e. The molecule has 0 fully saturated rings. The maximum atomic E-state index is 11.7. The zero-order valence-corrected chi connectivity index (χ0v) is 10.3. The molecule has 0 spiro atoms. The average molecular weight is 266 g/mol. The molecule has 4 N–H and O–H groups in total. The number of amides is 1. The van der Waals surface area contributed by atoms with Gasteiger partial charge in [0, 0.05) is 0 Å². The molecule has 0 aliphatic carbocycles. The molecule has 0 aliphatic heterocycles. The van der Waals surface area contributed by atoms with E-state index >= 15 is 0 Å². The van der Waals surface area contributed by atoms with Crippen molar-refractivity contribution < 1.29 is 24.2 Å². The summed E-state index contributed by atoms with van der Waals surface area (Å²) >= 11 is 0. The molecule has 1 aromatic carbocycles. The summed E-state index contributed by atoms with van der Waals surface area (Å²) in [5, 5.41) is 10.9. The summed E-state index contributed by atoms with van der Waals surface area (Å²) in [6.45, 7) is 0. The maximum absolute atomic E-state index is 11.7. The van der Waals surface area contributed by atoms with E-state index < -0.39 is 30.3 Å². The Morgan fingerprint density at radius 2 is 2.00 bits per heavy atom. The number of carbonyl (C=O) groups is 3. The van der Waals surface area contributed by atoms with Gasteiger partial charge in [0.2, 0.25) is 5.91 Å². The number of carboxylic acid groups (broad SMARTS) is 1. The third-order valence-corrected chi connectivity index (χ3v) is 2.32. The van der Waals surface area contributed by atoms with Crippen molar-refractivity contribution in [1.82, 2.24) is 0 Å². The number of rotatable bonds is 5. The van der Waals surface area contributed by atoms with E-state index in [2.05, 4.69) is 10.1 Å². The van der Waals surface area contributed by atoms with Crippen molar-refractivity contribution in [3.8, 4) is 0 Å². The number of hydrogen-bond donors (Lipinski definition) is 3.